The summed E-state index contributed by atoms with van der Waals surface area (Å²) >= 11 is 0. The molecule has 1 saturated heterocycles. The predicted octanol–water partition coefficient (Wildman–Crippen LogP) is 2.17. The zero-order valence-corrected chi connectivity index (χ0v) is 16.0. The first-order valence-electron chi connectivity index (χ1n) is 9.61. The van der Waals surface area contributed by atoms with Crippen molar-refractivity contribution in [1.82, 2.24) is 24.6 Å². The molecule has 1 aliphatic heterocycles. The molecule has 7 heteroatoms. The number of likely N-dealkylation sites (N-methyl/N-ethyl adjacent to an activating group) is 1. The van der Waals surface area contributed by atoms with Crippen molar-refractivity contribution in [2.45, 2.75) is 38.6 Å². The quantitative estimate of drug-likeness (QED) is 0.782. The summed E-state index contributed by atoms with van der Waals surface area (Å²) in [5.74, 6) is -0.0510. The first kappa shape index (κ1) is 19.1. The monoisotopic (exact) mass is 369 g/mol. The third-order valence-corrected chi connectivity index (χ3v) is 5.17. The SMILES string of the molecule is CCCN(CC)C(=O)[C@]1(n2cccn2)CCCN(C(=O)c2cccnc2)C1. The average Bonchev–Trinajstić information content (AvgIpc) is 3.27. The van der Waals surface area contributed by atoms with Gasteiger partial charge in [-0.1, -0.05) is 6.92 Å². The molecule has 2 amide bonds. The van der Waals surface area contributed by atoms with E-state index in [4.69, 9.17) is 0 Å². The maximum Gasteiger partial charge on any atom is 0.255 e. The molecule has 0 N–H and O–H groups in total. The van der Waals surface area contributed by atoms with Crippen molar-refractivity contribution in [1.29, 1.82) is 0 Å². The molecule has 27 heavy (non-hydrogen) atoms. The fourth-order valence-electron chi connectivity index (χ4n) is 3.83. The minimum Gasteiger partial charge on any atom is -0.341 e. The minimum absolute atomic E-state index is 0.0410. The molecular weight excluding hydrogens is 342 g/mol. The molecule has 2 aromatic heterocycles. The Morgan fingerprint density at radius 1 is 1.26 bits per heavy atom. The summed E-state index contributed by atoms with van der Waals surface area (Å²) in [6.45, 7) is 6.36. The zero-order chi connectivity index (χ0) is 19.3. The molecule has 1 aliphatic rings. The molecule has 0 aromatic carbocycles. The second kappa shape index (κ2) is 8.33. The van der Waals surface area contributed by atoms with Crippen LogP contribution in [0.15, 0.2) is 43.0 Å². The van der Waals surface area contributed by atoms with E-state index in [0.717, 1.165) is 12.8 Å². The van der Waals surface area contributed by atoms with E-state index < -0.39 is 5.54 Å². The Hall–Kier alpha value is -2.70. The molecular formula is C20H27N5O2. The lowest BCUT2D eigenvalue weighted by Gasteiger charge is -2.44. The van der Waals surface area contributed by atoms with Gasteiger partial charge >= 0.3 is 0 Å². The highest BCUT2D eigenvalue weighted by atomic mass is 16.2. The van der Waals surface area contributed by atoms with Gasteiger partial charge in [-0.2, -0.15) is 5.10 Å². The summed E-state index contributed by atoms with van der Waals surface area (Å²) in [5.41, 5.74) is -0.313. The van der Waals surface area contributed by atoms with E-state index in [1.165, 1.54) is 0 Å². The molecule has 0 aliphatic carbocycles. The molecule has 7 nitrogen and oxygen atoms in total. The second-order valence-electron chi connectivity index (χ2n) is 6.94. The number of rotatable bonds is 6. The first-order valence-corrected chi connectivity index (χ1v) is 9.61. The average molecular weight is 369 g/mol. The normalized spacial score (nSPS) is 19.7. The van der Waals surface area contributed by atoms with E-state index in [1.54, 1.807) is 40.3 Å². The van der Waals surface area contributed by atoms with Crippen molar-refractivity contribution >= 4 is 11.8 Å². The van der Waals surface area contributed by atoms with Crippen LogP contribution in [0.4, 0.5) is 0 Å². The van der Waals surface area contributed by atoms with E-state index in [-0.39, 0.29) is 11.8 Å². The topological polar surface area (TPSA) is 71.3 Å². The summed E-state index contributed by atoms with van der Waals surface area (Å²) in [6, 6.07) is 5.34. The molecule has 1 atom stereocenters. The number of amides is 2. The van der Waals surface area contributed by atoms with E-state index >= 15 is 0 Å². The van der Waals surface area contributed by atoms with Gasteiger partial charge in [-0.3, -0.25) is 19.3 Å². The number of nitrogens with zero attached hydrogens (tertiary/aromatic N) is 5. The molecule has 0 spiro atoms. The standard InChI is InChI=1S/C20H27N5O2/c1-3-12-23(4-2)19(27)20(25-14-7-11-22-25)9-6-13-24(16-20)18(26)17-8-5-10-21-15-17/h5,7-8,10-11,14-15H,3-4,6,9,12-13,16H2,1-2H3/t20-/m0/s1. The highest BCUT2D eigenvalue weighted by molar-refractivity contribution is 5.95. The Bertz CT molecular complexity index is 762. The van der Waals surface area contributed by atoms with Crippen LogP contribution in [0.5, 0.6) is 0 Å². The van der Waals surface area contributed by atoms with Gasteiger partial charge < -0.3 is 9.80 Å². The van der Waals surface area contributed by atoms with Gasteiger partial charge in [-0.05, 0) is 44.4 Å². The zero-order valence-electron chi connectivity index (χ0n) is 16.0. The van der Waals surface area contributed by atoms with Crippen molar-refractivity contribution < 1.29 is 9.59 Å². The van der Waals surface area contributed by atoms with Crippen LogP contribution in [-0.4, -0.2) is 62.6 Å². The fourth-order valence-corrected chi connectivity index (χ4v) is 3.83. The molecule has 2 aromatic rings. The maximum atomic E-state index is 13.6. The number of pyridine rings is 1. The number of carbonyl (C=O) groups is 2. The van der Waals surface area contributed by atoms with Crippen LogP contribution in [0.1, 0.15) is 43.5 Å². The Morgan fingerprint density at radius 2 is 2.11 bits per heavy atom. The lowest BCUT2D eigenvalue weighted by Crippen LogP contribution is -2.60. The van der Waals surface area contributed by atoms with Gasteiger partial charge in [0.05, 0.1) is 12.1 Å². The number of hydrogen-bond acceptors (Lipinski definition) is 4. The second-order valence-corrected chi connectivity index (χ2v) is 6.94. The molecule has 0 bridgehead atoms. The Balaban J connectivity index is 1.94. The summed E-state index contributed by atoms with van der Waals surface area (Å²) < 4.78 is 1.75. The van der Waals surface area contributed by atoms with Crippen LogP contribution >= 0.6 is 0 Å². The molecule has 0 unspecified atom stereocenters. The number of hydrogen-bond donors (Lipinski definition) is 0. The van der Waals surface area contributed by atoms with Crippen molar-refractivity contribution in [3.8, 4) is 0 Å². The molecule has 0 radical (unpaired) electrons. The summed E-state index contributed by atoms with van der Waals surface area (Å²) in [7, 11) is 0. The van der Waals surface area contributed by atoms with Crippen molar-refractivity contribution in [2.75, 3.05) is 26.2 Å². The van der Waals surface area contributed by atoms with Crippen LogP contribution in [0.25, 0.3) is 0 Å². The van der Waals surface area contributed by atoms with Crippen molar-refractivity contribution in [2.24, 2.45) is 0 Å². The van der Waals surface area contributed by atoms with Gasteiger partial charge in [0.2, 0.25) is 0 Å². The predicted molar refractivity (Wildman–Crippen MR) is 102 cm³/mol. The van der Waals surface area contributed by atoms with Gasteiger partial charge in [0.1, 0.15) is 0 Å². The molecule has 0 saturated carbocycles. The molecule has 144 valence electrons. The number of likely N-dealkylation sites (tertiary alicyclic amines) is 1. The van der Waals surface area contributed by atoms with Crippen LogP contribution in [0.3, 0.4) is 0 Å². The molecule has 1 fully saturated rings. The number of piperidine rings is 1. The fraction of sp³-hybridized carbons (Fsp3) is 0.500. The largest absolute Gasteiger partial charge is 0.341 e. The van der Waals surface area contributed by atoms with Crippen LogP contribution in [0, 0.1) is 0 Å². The summed E-state index contributed by atoms with van der Waals surface area (Å²) in [5, 5.41) is 4.40. The van der Waals surface area contributed by atoms with Crippen molar-refractivity contribution in [3.05, 3.63) is 48.5 Å². The maximum absolute atomic E-state index is 13.6. The van der Waals surface area contributed by atoms with Crippen LogP contribution in [0.2, 0.25) is 0 Å². The third kappa shape index (κ3) is 3.72. The van der Waals surface area contributed by atoms with Gasteiger partial charge in [0, 0.05) is 44.4 Å². The summed E-state index contributed by atoms with van der Waals surface area (Å²) in [6.07, 6.45) is 9.06. The number of carbonyl (C=O) groups excluding carboxylic acids is 2. The van der Waals surface area contributed by atoms with Gasteiger partial charge in [0.25, 0.3) is 11.8 Å². The Labute approximate surface area is 160 Å². The summed E-state index contributed by atoms with van der Waals surface area (Å²) in [4.78, 5) is 34.2. The van der Waals surface area contributed by atoms with Crippen molar-refractivity contribution in [3.63, 3.8) is 0 Å². The lowest BCUT2D eigenvalue weighted by molar-refractivity contribution is -0.144. The van der Waals surface area contributed by atoms with Gasteiger partial charge in [-0.25, -0.2) is 0 Å². The Kier molecular flexibility index (Phi) is 5.88. The number of aromatic nitrogens is 3. The van der Waals surface area contributed by atoms with Crippen LogP contribution < -0.4 is 0 Å². The van der Waals surface area contributed by atoms with Crippen LogP contribution in [-0.2, 0) is 10.3 Å². The smallest absolute Gasteiger partial charge is 0.255 e. The highest BCUT2D eigenvalue weighted by Gasteiger charge is 2.47. The van der Waals surface area contributed by atoms with Gasteiger partial charge in [-0.15, -0.1) is 0 Å². The highest BCUT2D eigenvalue weighted by Crippen LogP contribution is 2.31. The first-order chi connectivity index (χ1) is 13.1. The van der Waals surface area contributed by atoms with E-state index in [0.29, 0.717) is 38.2 Å². The molecule has 3 heterocycles. The molecule has 3 rings (SSSR count). The van der Waals surface area contributed by atoms with Gasteiger partial charge in [0.15, 0.2) is 5.54 Å². The van der Waals surface area contributed by atoms with E-state index in [9.17, 15) is 9.59 Å². The lowest BCUT2D eigenvalue weighted by atomic mass is 9.87. The van der Waals surface area contributed by atoms with E-state index in [2.05, 4.69) is 17.0 Å². The minimum atomic E-state index is -0.856. The Morgan fingerprint density at radius 3 is 2.74 bits per heavy atom. The van der Waals surface area contributed by atoms with E-state index in [1.807, 2.05) is 24.1 Å². The third-order valence-electron chi connectivity index (χ3n) is 5.17.